The lowest BCUT2D eigenvalue weighted by molar-refractivity contribution is -0.138. The Hall–Kier alpha value is -2.34. The summed E-state index contributed by atoms with van der Waals surface area (Å²) in [6.45, 7) is 3.27. The van der Waals surface area contributed by atoms with Crippen molar-refractivity contribution in [3.05, 3.63) is 30.2 Å². The lowest BCUT2D eigenvalue weighted by Crippen LogP contribution is -2.40. The molecule has 12 heteroatoms. The maximum atomic E-state index is 12.7. The van der Waals surface area contributed by atoms with Crippen LogP contribution in [0.5, 0.6) is 0 Å². The number of halogens is 3. The largest absolute Gasteiger partial charge is 0.419 e. The van der Waals surface area contributed by atoms with Crippen molar-refractivity contribution in [2.75, 3.05) is 18.4 Å². The smallest absolute Gasteiger partial charge is 0.351 e. The average Bonchev–Trinajstić information content (AvgIpc) is 3.16. The average molecular weight is 430 g/mol. The van der Waals surface area contributed by atoms with Crippen LogP contribution in [0, 0.1) is 5.92 Å². The van der Waals surface area contributed by atoms with E-state index in [2.05, 4.69) is 20.4 Å². The molecule has 29 heavy (non-hydrogen) atoms. The number of anilines is 1. The summed E-state index contributed by atoms with van der Waals surface area (Å²) in [6, 6.07) is 1.65. The van der Waals surface area contributed by atoms with E-state index in [1.54, 1.807) is 28.2 Å². The molecule has 0 radical (unpaired) electrons. The van der Waals surface area contributed by atoms with Crippen LogP contribution in [-0.4, -0.2) is 53.7 Å². The molecule has 2 aromatic rings. The summed E-state index contributed by atoms with van der Waals surface area (Å²) in [5, 5.41) is 7.73. The van der Waals surface area contributed by atoms with Crippen LogP contribution >= 0.6 is 0 Å². The highest BCUT2D eigenvalue weighted by atomic mass is 32.2. The number of rotatable bonds is 7. The molecular formula is C17H21F3N6O2S. The minimum atomic E-state index is -4.47. The van der Waals surface area contributed by atoms with Crippen LogP contribution in [0.4, 0.5) is 19.1 Å². The summed E-state index contributed by atoms with van der Waals surface area (Å²) < 4.78 is 53.8. The summed E-state index contributed by atoms with van der Waals surface area (Å²) in [6.07, 6.45) is 0.854. The highest BCUT2D eigenvalue weighted by Gasteiger charge is 2.31. The van der Waals surface area contributed by atoms with Crippen LogP contribution in [0.2, 0.25) is 0 Å². The van der Waals surface area contributed by atoms with Crippen molar-refractivity contribution in [1.29, 1.82) is 0 Å². The molecule has 0 spiro atoms. The molecule has 0 aromatic carbocycles. The van der Waals surface area contributed by atoms with Gasteiger partial charge in [0, 0.05) is 43.6 Å². The van der Waals surface area contributed by atoms with Gasteiger partial charge in [-0.2, -0.15) is 18.3 Å². The Bertz CT molecular complexity index is 850. The number of carbonyl (C=O) groups is 1. The van der Waals surface area contributed by atoms with Gasteiger partial charge in [0.25, 0.3) is 0 Å². The number of carbonyl (C=O) groups excluding carboxylic acids is 1. The van der Waals surface area contributed by atoms with Crippen LogP contribution in [0.1, 0.15) is 25.3 Å². The second kappa shape index (κ2) is 8.99. The maximum Gasteiger partial charge on any atom is 0.419 e. The molecular weight excluding hydrogens is 409 g/mol. The fraction of sp³-hybridized carbons (Fsp3) is 0.529. The number of hydrogen-bond acceptors (Lipinski definition) is 6. The van der Waals surface area contributed by atoms with Gasteiger partial charge in [-0.25, -0.2) is 18.5 Å². The molecule has 1 saturated heterocycles. The van der Waals surface area contributed by atoms with Gasteiger partial charge < -0.3 is 10.1 Å². The molecule has 1 fully saturated rings. The first kappa shape index (κ1) is 21.4. The third kappa shape index (κ3) is 5.60. The van der Waals surface area contributed by atoms with Crippen molar-refractivity contribution in [3.63, 3.8) is 0 Å². The molecule has 2 atom stereocenters. The van der Waals surface area contributed by atoms with Gasteiger partial charge in [0.1, 0.15) is 17.3 Å². The van der Waals surface area contributed by atoms with E-state index in [4.69, 9.17) is 0 Å². The van der Waals surface area contributed by atoms with E-state index in [0.717, 1.165) is 18.7 Å². The van der Waals surface area contributed by atoms with Gasteiger partial charge in [-0.3, -0.25) is 4.68 Å². The third-order valence-electron chi connectivity index (χ3n) is 4.50. The molecule has 158 valence electrons. The van der Waals surface area contributed by atoms with Crippen molar-refractivity contribution in [1.82, 2.24) is 24.1 Å². The van der Waals surface area contributed by atoms with Gasteiger partial charge in [0.05, 0.1) is 12.1 Å². The SMILES string of the molecule is CC(C=O)Cn1ccc(S(=O)N2CCC(Nc3ncc(C(F)(F)F)cn3)CC2)n1. The summed E-state index contributed by atoms with van der Waals surface area (Å²) in [7, 11) is -1.41. The standard InChI is InChI=1S/C17H21F3N6O2S/c1-12(11-27)10-25-5-4-15(24-25)29(28)26-6-2-14(3-7-26)23-16-21-8-13(9-22-16)17(18,19)20/h4-5,8-9,11-12,14H,2-3,6-7,10H2,1H3,(H,21,22,23). The highest BCUT2D eigenvalue weighted by Crippen LogP contribution is 2.28. The van der Waals surface area contributed by atoms with Crippen molar-refractivity contribution in [2.24, 2.45) is 5.92 Å². The number of alkyl halides is 3. The zero-order chi connectivity index (χ0) is 21.0. The normalized spacial score (nSPS) is 18.3. The fourth-order valence-electron chi connectivity index (χ4n) is 2.91. The molecule has 2 aromatic heterocycles. The summed E-state index contributed by atoms with van der Waals surface area (Å²) in [4.78, 5) is 18.2. The van der Waals surface area contributed by atoms with Crippen molar-refractivity contribution < 1.29 is 22.2 Å². The van der Waals surface area contributed by atoms with Crippen LogP contribution in [-0.2, 0) is 28.5 Å². The molecule has 1 aliphatic heterocycles. The lowest BCUT2D eigenvalue weighted by atomic mass is 10.1. The summed E-state index contributed by atoms with van der Waals surface area (Å²) >= 11 is 0. The molecule has 1 aliphatic rings. The van der Waals surface area contributed by atoms with Crippen LogP contribution < -0.4 is 5.32 Å². The number of piperidine rings is 1. The molecule has 0 amide bonds. The number of nitrogens with one attached hydrogen (secondary N) is 1. The Balaban J connectivity index is 1.51. The molecule has 0 bridgehead atoms. The van der Waals surface area contributed by atoms with E-state index >= 15 is 0 Å². The first-order valence-electron chi connectivity index (χ1n) is 9.07. The maximum absolute atomic E-state index is 12.7. The minimum absolute atomic E-state index is 0.0222. The summed E-state index contributed by atoms with van der Waals surface area (Å²) in [5.41, 5.74) is -0.893. The Morgan fingerprint density at radius 1 is 1.31 bits per heavy atom. The Kier molecular flexibility index (Phi) is 6.63. The topological polar surface area (TPSA) is 93.0 Å². The van der Waals surface area contributed by atoms with Crippen molar-refractivity contribution >= 4 is 23.2 Å². The second-order valence-electron chi connectivity index (χ2n) is 6.88. The second-order valence-corrected chi connectivity index (χ2v) is 8.31. The Morgan fingerprint density at radius 3 is 2.55 bits per heavy atom. The fourth-order valence-corrected chi connectivity index (χ4v) is 4.06. The number of aldehydes is 1. The predicted molar refractivity (Wildman–Crippen MR) is 99.1 cm³/mol. The van der Waals surface area contributed by atoms with Gasteiger partial charge in [0.2, 0.25) is 5.95 Å². The third-order valence-corrected chi connectivity index (χ3v) is 5.91. The van der Waals surface area contributed by atoms with Crippen LogP contribution in [0.15, 0.2) is 29.7 Å². The van der Waals surface area contributed by atoms with Crippen molar-refractivity contribution in [3.8, 4) is 0 Å². The monoisotopic (exact) mass is 430 g/mol. The van der Waals surface area contributed by atoms with Gasteiger partial charge in [-0.05, 0) is 18.9 Å². The van der Waals surface area contributed by atoms with E-state index in [0.29, 0.717) is 37.5 Å². The Morgan fingerprint density at radius 2 is 1.97 bits per heavy atom. The zero-order valence-corrected chi connectivity index (χ0v) is 16.5. The highest BCUT2D eigenvalue weighted by molar-refractivity contribution is 7.82. The first-order valence-corrected chi connectivity index (χ1v) is 10.2. The van der Waals surface area contributed by atoms with E-state index in [-0.39, 0.29) is 17.9 Å². The van der Waals surface area contributed by atoms with E-state index < -0.39 is 22.7 Å². The molecule has 3 heterocycles. The lowest BCUT2D eigenvalue weighted by Gasteiger charge is -2.30. The van der Waals surface area contributed by atoms with Crippen molar-refractivity contribution in [2.45, 2.75) is 43.6 Å². The molecule has 0 aliphatic carbocycles. The van der Waals surface area contributed by atoms with Crippen LogP contribution in [0.3, 0.4) is 0 Å². The van der Waals surface area contributed by atoms with Gasteiger partial charge >= 0.3 is 6.18 Å². The molecule has 1 N–H and O–H groups in total. The molecule has 8 nitrogen and oxygen atoms in total. The predicted octanol–water partition coefficient (Wildman–Crippen LogP) is 2.13. The number of aromatic nitrogens is 4. The molecule has 0 saturated carbocycles. The number of hydrogen-bond donors (Lipinski definition) is 1. The minimum Gasteiger partial charge on any atom is -0.351 e. The quantitative estimate of drug-likeness (QED) is 0.677. The van der Waals surface area contributed by atoms with Gasteiger partial charge in [-0.1, -0.05) is 6.92 Å². The van der Waals surface area contributed by atoms with E-state index in [1.807, 2.05) is 0 Å². The Labute approximate surface area is 168 Å². The van der Waals surface area contributed by atoms with Crippen LogP contribution in [0.25, 0.3) is 0 Å². The summed E-state index contributed by atoms with van der Waals surface area (Å²) in [5.74, 6) is -0.0361. The van der Waals surface area contributed by atoms with Gasteiger partial charge in [0.15, 0.2) is 5.03 Å². The molecule has 2 unspecified atom stereocenters. The number of nitrogens with zero attached hydrogens (tertiary/aromatic N) is 5. The first-order chi connectivity index (χ1) is 13.8. The van der Waals surface area contributed by atoms with E-state index in [9.17, 15) is 22.2 Å². The molecule has 3 rings (SSSR count). The van der Waals surface area contributed by atoms with E-state index in [1.165, 1.54) is 0 Å². The zero-order valence-electron chi connectivity index (χ0n) is 15.7. The van der Waals surface area contributed by atoms with Gasteiger partial charge in [-0.15, -0.1) is 0 Å².